The fraction of sp³-hybridized carbons (Fsp3) is 0.455. The zero-order valence-corrected chi connectivity index (χ0v) is 9.71. The Morgan fingerprint density at radius 2 is 1.87 bits per heavy atom. The molecule has 0 fully saturated rings. The minimum atomic E-state index is -3.19. The topological polar surface area (TPSA) is 46.2 Å². The molecule has 1 aliphatic rings. The van der Waals surface area contributed by atoms with Gasteiger partial charge in [0.15, 0.2) is 0 Å². The van der Waals surface area contributed by atoms with E-state index >= 15 is 0 Å². The van der Waals surface area contributed by atoms with Gasteiger partial charge in [-0.15, -0.1) is 0 Å². The lowest BCUT2D eigenvalue weighted by atomic mass is 10.0. The first-order valence-corrected chi connectivity index (χ1v) is 6.62. The SMILES string of the molecule is CNS(=O)(=O)C1CC(C)c2ccccc21. The van der Waals surface area contributed by atoms with Crippen LogP contribution in [0.2, 0.25) is 0 Å². The molecule has 0 aliphatic heterocycles. The van der Waals surface area contributed by atoms with Crippen LogP contribution in [0.5, 0.6) is 0 Å². The molecule has 0 bridgehead atoms. The summed E-state index contributed by atoms with van der Waals surface area (Å²) >= 11 is 0. The molecule has 0 saturated heterocycles. The summed E-state index contributed by atoms with van der Waals surface area (Å²) in [5.74, 6) is 0.328. The van der Waals surface area contributed by atoms with E-state index in [9.17, 15) is 8.42 Å². The Balaban J connectivity index is 2.50. The molecule has 2 unspecified atom stereocenters. The van der Waals surface area contributed by atoms with Gasteiger partial charge in [-0.1, -0.05) is 31.2 Å². The van der Waals surface area contributed by atoms with Crippen molar-refractivity contribution in [1.82, 2.24) is 4.72 Å². The van der Waals surface area contributed by atoms with E-state index in [1.807, 2.05) is 24.3 Å². The molecule has 15 heavy (non-hydrogen) atoms. The first-order chi connectivity index (χ1) is 7.06. The number of hydrogen-bond acceptors (Lipinski definition) is 2. The molecular weight excluding hydrogens is 210 g/mol. The van der Waals surface area contributed by atoms with Crippen LogP contribution in [-0.4, -0.2) is 15.5 Å². The highest BCUT2D eigenvalue weighted by Crippen LogP contribution is 2.43. The molecule has 1 aliphatic carbocycles. The monoisotopic (exact) mass is 225 g/mol. The summed E-state index contributed by atoms with van der Waals surface area (Å²) in [5, 5.41) is -0.381. The zero-order valence-electron chi connectivity index (χ0n) is 8.90. The van der Waals surface area contributed by atoms with Crippen LogP contribution in [0.1, 0.15) is 35.6 Å². The lowest BCUT2D eigenvalue weighted by molar-refractivity contribution is 0.567. The first-order valence-electron chi connectivity index (χ1n) is 5.07. The first kappa shape index (κ1) is 10.6. The summed E-state index contributed by atoms with van der Waals surface area (Å²) < 4.78 is 26.0. The molecule has 0 radical (unpaired) electrons. The van der Waals surface area contributed by atoms with Gasteiger partial charge in [-0.25, -0.2) is 13.1 Å². The molecule has 82 valence electrons. The average Bonchev–Trinajstić information content (AvgIpc) is 2.58. The highest BCUT2D eigenvalue weighted by Gasteiger charge is 2.35. The van der Waals surface area contributed by atoms with Gasteiger partial charge >= 0.3 is 0 Å². The molecular formula is C11H15NO2S. The van der Waals surface area contributed by atoms with E-state index in [1.54, 1.807) is 0 Å². The molecule has 0 aromatic heterocycles. The zero-order chi connectivity index (χ0) is 11.1. The highest BCUT2D eigenvalue weighted by molar-refractivity contribution is 7.89. The summed E-state index contributed by atoms with van der Waals surface area (Å²) in [5.41, 5.74) is 2.13. The quantitative estimate of drug-likeness (QED) is 0.834. The van der Waals surface area contributed by atoms with Crippen LogP contribution >= 0.6 is 0 Å². The van der Waals surface area contributed by atoms with E-state index in [0.717, 1.165) is 5.56 Å². The Labute approximate surface area is 90.6 Å². The van der Waals surface area contributed by atoms with Crippen molar-refractivity contribution in [1.29, 1.82) is 0 Å². The van der Waals surface area contributed by atoms with E-state index in [-0.39, 0.29) is 5.25 Å². The van der Waals surface area contributed by atoms with Gasteiger partial charge in [0.25, 0.3) is 0 Å². The van der Waals surface area contributed by atoms with Gasteiger partial charge in [0.1, 0.15) is 5.25 Å². The smallest absolute Gasteiger partial charge is 0.218 e. The molecule has 2 rings (SSSR count). The van der Waals surface area contributed by atoms with Crippen molar-refractivity contribution in [2.45, 2.75) is 24.5 Å². The molecule has 0 saturated carbocycles. The van der Waals surface area contributed by atoms with Crippen LogP contribution in [0.3, 0.4) is 0 Å². The number of fused-ring (bicyclic) bond motifs is 1. The van der Waals surface area contributed by atoms with Gasteiger partial charge in [0.05, 0.1) is 0 Å². The van der Waals surface area contributed by atoms with E-state index in [2.05, 4.69) is 11.6 Å². The lowest BCUT2D eigenvalue weighted by Crippen LogP contribution is -2.24. The fourth-order valence-corrected chi connectivity index (χ4v) is 3.64. The average molecular weight is 225 g/mol. The van der Waals surface area contributed by atoms with Gasteiger partial charge in [-0.05, 0) is 30.5 Å². The molecule has 1 N–H and O–H groups in total. The summed E-state index contributed by atoms with van der Waals surface area (Å²) in [6.45, 7) is 2.07. The number of hydrogen-bond donors (Lipinski definition) is 1. The Morgan fingerprint density at radius 3 is 2.47 bits per heavy atom. The molecule has 0 amide bonds. The maximum Gasteiger partial charge on any atom is 0.218 e. The van der Waals surface area contributed by atoms with E-state index in [1.165, 1.54) is 12.6 Å². The van der Waals surface area contributed by atoms with Crippen LogP contribution in [0, 0.1) is 0 Å². The number of sulfonamides is 1. The van der Waals surface area contributed by atoms with E-state index < -0.39 is 10.0 Å². The van der Waals surface area contributed by atoms with Crippen molar-refractivity contribution in [3.05, 3.63) is 35.4 Å². The molecule has 1 aromatic rings. The van der Waals surface area contributed by atoms with Crippen molar-refractivity contribution in [3.63, 3.8) is 0 Å². The van der Waals surface area contributed by atoms with Crippen LogP contribution < -0.4 is 4.72 Å². The van der Waals surface area contributed by atoms with Crippen molar-refractivity contribution >= 4 is 10.0 Å². The van der Waals surface area contributed by atoms with Crippen molar-refractivity contribution < 1.29 is 8.42 Å². The van der Waals surface area contributed by atoms with Crippen molar-refractivity contribution in [2.24, 2.45) is 0 Å². The Hall–Kier alpha value is -0.870. The van der Waals surface area contributed by atoms with Crippen LogP contribution in [0.15, 0.2) is 24.3 Å². The van der Waals surface area contributed by atoms with E-state index in [4.69, 9.17) is 0 Å². The predicted molar refractivity (Wildman–Crippen MR) is 60.2 cm³/mol. The standard InChI is InChI=1S/C11H15NO2S/c1-8-7-11(15(13,14)12-2)10-6-4-3-5-9(8)10/h3-6,8,11-12H,7H2,1-2H3. The highest BCUT2D eigenvalue weighted by atomic mass is 32.2. The lowest BCUT2D eigenvalue weighted by Gasteiger charge is -2.11. The number of benzene rings is 1. The normalized spacial score (nSPS) is 25.2. The van der Waals surface area contributed by atoms with Gasteiger partial charge < -0.3 is 0 Å². The van der Waals surface area contributed by atoms with Gasteiger partial charge in [0, 0.05) is 0 Å². The number of rotatable bonds is 2. The van der Waals surface area contributed by atoms with Crippen LogP contribution in [0.4, 0.5) is 0 Å². The third-order valence-corrected chi connectivity index (χ3v) is 4.87. The Morgan fingerprint density at radius 1 is 1.27 bits per heavy atom. The van der Waals surface area contributed by atoms with Crippen molar-refractivity contribution in [2.75, 3.05) is 7.05 Å². The maximum atomic E-state index is 11.8. The largest absolute Gasteiger partial charge is 0.218 e. The fourth-order valence-electron chi connectivity index (χ4n) is 2.26. The third kappa shape index (κ3) is 1.68. The second-order valence-corrected chi connectivity index (χ2v) is 6.07. The minimum absolute atomic E-state index is 0.328. The van der Waals surface area contributed by atoms with Crippen molar-refractivity contribution in [3.8, 4) is 0 Å². The Bertz CT molecular complexity index is 467. The summed E-state index contributed by atoms with van der Waals surface area (Å²) in [6, 6.07) is 7.79. The summed E-state index contributed by atoms with van der Waals surface area (Å²) in [6.07, 6.45) is 0.683. The second-order valence-electron chi connectivity index (χ2n) is 4.00. The molecule has 3 nitrogen and oxygen atoms in total. The van der Waals surface area contributed by atoms with Crippen LogP contribution in [-0.2, 0) is 10.0 Å². The third-order valence-electron chi connectivity index (χ3n) is 3.10. The Kier molecular flexibility index (Phi) is 2.56. The maximum absolute atomic E-state index is 11.8. The molecule has 0 heterocycles. The molecule has 0 spiro atoms. The van der Waals surface area contributed by atoms with E-state index in [0.29, 0.717) is 12.3 Å². The van der Waals surface area contributed by atoms with Gasteiger partial charge in [0.2, 0.25) is 10.0 Å². The summed E-state index contributed by atoms with van der Waals surface area (Å²) in [4.78, 5) is 0. The van der Waals surface area contributed by atoms with Crippen LogP contribution in [0.25, 0.3) is 0 Å². The second kappa shape index (κ2) is 3.61. The molecule has 4 heteroatoms. The number of nitrogens with one attached hydrogen (secondary N) is 1. The minimum Gasteiger partial charge on any atom is -0.218 e. The predicted octanol–water partition coefficient (Wildman–Crippen LogP) is 1.78. The molecule has 2 atom stereocenters. The molecule has 1 aromatic carbocycles. The van der Waals surface area contributed by atoms with Gasteiger partial charge in [-0.2, -0.15) is 0 Å². The van der Waals surface area contributed by atoms with Gasteiger partial charge in [-0.3, -0.25) is 0 Å². The summed E-state index contributed by atoms with van der Waals surface area (Å²) in [7, 11) is -1.72.